The lowest BCUT2D eigenvalue weighted by Gasteiger charge is -2.17. The maximum absolute atomic E-state index is 13.4. The maximum atomic E-state index is 13.4. The molecular formula is C34H40O6. The van der Waals surface area contributed by atoms with Crippen molar-refractivity contribution in [2.24, 2.45) is 0 Å². The summed E-state index contributed by atoms with van der Waals surface area (Å²) in [6.45, 7) is 4.65. The highest BCUT2D eigenvalue weighted by Gasteiger charge is 2.22. The molecule has 0 fully saturated rings. The van der Waals surface area contributed by atoms with Crippen molar-refractivity contribution in [3.05, 3.63) is 81.5 Å². The number of unbranched alkanes of at least 4 members (excludes halogenated alkanes) is 5. The zero-order valence-electron chi connectivity index (χ0n) is 24.0. The molecule has 6 heteroatoms. The van der Waals surface area contributed by atoms with Crippen LogP contribution in [0.3, 0.4) is 0 Å². The first-order valence-corrected chi connectivity index (χ1v) is 14.2. The summed E-state index contributed by atoms with van der Waals surface area (Å²) in [4.78, 5) is 13.4. The fraction of sp³-hybridized carbons (Fsp3) is 0.382. The van der Waals surface area contributed by atoms with Crippen molar-refractivity contribution < 1.29 is 23.7 Å². The Balaban J connectivity index is 1.67. The molecule has 0 spiro atoms. The topological polar surface area (TPSA) is 78.1 Å². The Morgan fingerprint density at radius 2 is 1.50 bits per heavy atom. The van der Waals surface area contributed by atoms with Gasteiger partial charge in [-0.25, -0.2) is 0 Å². The highest BCUT2D eigenvalue weighted by Crippen LogP contribution is 2.43. The molecule has 4 aromatic rings. The standard InChI is InChI=1S/C34H40O6/c1-5-7-8-9-10-14-17-25-18-27-28(19-24(25)6-2)40-33(32(36)31(27)35)26-20-29(37-3)34(30(21-26)38-4)39-22-23-15-12-11-13-16-23/h11-13,15-16,18-21,36H,5-10,14,17,22H2,1-4H3. The number of aryl methyl sites for hydroxylation is 2. The summed E-state index contributed by atoms with van der Waals surface area (Å²) in [6, 6.07) is 17.0. The number of methoxy groups -OCH3 is 2. The summed E-state index contributed by atoms with van der Waals surface area (Å²) in [7, 11) is 3.06. The van der Waals surface area contributed by atoms with Gasteiger partial charge in [-0.2, -0.15) is 0 Å². The molecular weight excluding hydrogens is 504 g/mol. The molecule has 1 aromatic heterocycles. The lowest BCUT2D eigenvalue weighted by molar-refractivity contribution is 0.266. The van der Waals surface area contributed by atoms with Gasteiger partial charge in [0.15, 0.2) is 17.3 Å². The minimum atomic E-state index is -0.453. The van der Waals surface area contributed by atoms with Crippen LogP contribution in [0.1, 0.15) is 69.1 Å². The number of fused-ring (bicyclic) bond motifs is 1. The third-order valence-electron chi connectivity index (χ3n) is 7.32. The maximum Gasteiger partial charge on any atom is 0.235 e. The Morgan fingerprint density at radius 3 is 2.15 bits per heavy atom. The van der Waals surface area contributed by atoms with E-state index in [4.69, 9.17) is 18.6 Å². The Labute approximate surface area is 236 Å². The van der Waals surface area contributed by atoms with E-state index < -0.39 is 11.2 Å². The van der Waals surface area contributed by atoms with Gasteiger partial charge in [0.2, 0.25) is 16.9 Å². The Morgan fingerprint density at radius 1 is 0.825 bits per heavy atom. The van der Waals surface area contributed by atoms with Gasteiger partial charge in [0.25, 0.3) is 0 Å². The van der Waals surface area contributed by atoms with Crippen molar-refractivity contribution >= 4 is 11.0 Å². The van der Waals surface area contributed by atoms with Crippen molar-refractivity contribution in [2.45, 2.75) is 71.8 Å². The minimum Gasteiger partial charge on any atom is -0.502 e. The molecule has 0 saturated heterocycles. The Hall–Kier alpha value is -3.93. The van der Waals surface area contributed by atoms with E-state index in [1.165, 1.54) is 46.3 Å². The van der Waals surface area contributed by atoms with Gasteiger partial charge in [-0.15, -0.1) is 0 Å². The molecule has 40 heavy (non-hydrogen) atoms. The van der Waals surface area contributed by atoms with E-state index >= 15 is 0 Å². The van der Waals surface area contributed by atoms with Gasteiger partial charge >= 0.3 is 0 Å². The van der Waals surface area contributed by atoms with E-state index in [1.807, 2.05) is 42.5 Å². The predicted molar refractivity (Wildman–Crippen MR) is 160 cm³/mol. The van der Waals surface area contributed by atoms with Crippen molar-refractivity contribution in [1.82, 2.24) is 0 Å². The number of hydrogen-bond donors (Lipinski definition) is 1. The smallest absolute Gasteiger partial charge is 0.235 e. The van der Waals surface area contributed by atoms with Crippen LogP contribution in [0.25, 0.3) is 22.3 Å². The number of rotatable bonds is 14. The van der Waals surface area contributed by atoms with E-state index in [2.05, 4.69) is 13.8 Å². The zero-order chi connectivity index (χ0) is 28.5. The number of hydrogen-bond acceptors (Lipinski definition) is 6. The van der Waals surface area contributed by atoms with E-state index in [0.29, 0.717) is 40.4 Å². The largest absolute Gasteiger partial charge is 0.502 e. The molecule has 0 aliphatic carbocycles. The van der Waals surface area contributed by atoms with Crippen molar-refractivity contribution in [2.75, 3.05) is 14.2 Å². The van der Waals surface area contributed by atoms with Gasteiger partial charge in [-0.05, 0) is 60.2 Å². The van der Waals surface area contributed by atoms with Crippen LogP contribution in [0.15, 0.2) is 63.8 Å². The average Bonchev–Trinajstić information content (AvgIpc) is 2.99. The van der Waals surface area contributed by atoms with E-state index in [9.17, 15) is 9.90 Å². The molecule has 212 valence electrons. The number of benzene rings is 3. The van der Waals surface area contributed by atoms with Gasteiger partial charge in [0, 0.05) is 5.56 Å². The zero-order valence-corrected chi connectivity index (χ0v) is 24.0. The van der Waals surface area contributed by atoms with E-state index in [-0.39, 0.29) is 5.76 Å². The molecule has 0 atom stereocenters. The molecule has 0 amide bonds. The first kappa shape index (κ1) is 29.1. The summed E-state index contributed by atoms with van der Waals surface area (Å²) < 4.78 is 23.5. The van der Waals surface area contributed by atoms with Crippen LogP contribution in [0.5, 0.6) is 23.0 Å². The fourth-order valence-corrected chi connectivity index (χ4v) is 5.05. The number of aromatic hydroxyl groups is 1. The second kappa shape index (κ2) is 13.9. The van der Waals surface area contributed by atoms with E-state index in [1.54, 1.807) is 12.1 Å². The second-order valence-corrected chi connectivity index (χ2v) is 10.1. The first-order valence-electron chi connectivity index (χ1n) is 14.2. The lowest BCUT2D eigenvalue weighted by Crippen LogP contribution is -2.06. The van der Waals surface area contributed by atoms with Crippen LogP contribution < -0.4 is 19.6 Å². The highest BCUT2D eigenvalue weighted by atomic mass is 16.5. The van der Waals surface area contributed by atoms with Crippen molar-refractivity contribution in [1.29, 1.82) is 0 Å². The fourth-order valence-electron chi connectivity index (χ4n) is 5.05. The summed E-state index contributed by atoms with van der Waals surface area (Å²) in [5.74, 6) is 0.846. The second-order valence-electron chi connectivity index (χ2n) is 10.1. The minimum absolute atomic E-state index is 0.0643. The molecule has 1 N–H and O–H groups in total. The van der Waals surface area contributed by atoms with Crippen molar-refractivity contribution in [3.8, 4) is 34.3 Å². The van der Waals surface area contributed by atoms with Crippen LogP contribution in [0, 0.1) is 0 Å². The lowest BCUT2D eigenvalue weighted by atomic mass is 9.96. The normalized spacial score (nSPS) is 11.1. The van der Waals surface area contributed by atoms with Gasteiger partial charge in [-0.3, -0.25) is 4.79 Å². The molecule has 1 heterocycles. The quantitative estimate of drug-likeness (QED) is 0.161. The van der Waals surface area contributed by atoms with Gasteiger partial charge in [0.1, 0.15) is 12.2 Å². The summed E-state index contributed by atoms with van der Waals surface area (Å²) in [5.41, 5.74) is 3.74. The molecule has 0 unspecified atom stereocenters. The summed E-state index contributed by atoms with van der Waals surface area (Å²) >= 11 is 0. The van der Waals surface area contributed by atoms with Crippen LogP contribution >= 0.6 is 0 Å². The predicted octanol–water partition coefficient (Wildman–Crippen LogP) is 8.23. The van der Waals surface area contributed by atoms with Crippen LogP contribution in [-0.4, -0.2) is 19.3 Å². The molecule has 6 nitrogen and oxygen atoms in total. The highest BCUT2D eigenvalue weighted by molar-refractivity contribution is 5.84. The molecule has 0 saturated carbocycles. The molecule has 4 rings (SSSR count). The molecule has 3 aromatic carbocycles. The third-order valence-corrected chi connectivity index (χ3v) is 7.32. The van der Waals surface area contributed by atoms with Gasteiger partial charge in [0.05, 0.1) is 19.6 Å². The van der Waals surface area contributed by atoms with Crippen LogP contribution in [-0.2, 0) is 19.4 Å². The average molecular weight is 545 g/mol. The van der Waals surface area contributed by atoms with Gasteiger partial charge in [-0.1, -0.05) is 76.3 Å². The van der Waals surface area contributed by atoms with E-state index in [0.717, 1.165) is 36.0 Å². The molecule has 0 radical (unpaired) electrons. The monoisotopic (exact) mass is 544 g/mol. The van der Waals surface area contributed by atoms with Crippen molar-refractivity contribution in [3.63, 3.8) is 0 Å². The molecule has 0 aliphatic rings. The number of ether oxygens (including phenoxy) is 3. The Kier molecular flexibility index (Phi) is 10.1. The summed E-state index contributed by atoms with van der Waals surface area (Å²) in [5, 5.41) is 11.4. The molecule has 0 bridgehead atoms. The first-order chi connectivity index (χ1) is 19.5. The Bertz CT molecular complexity index is 1450. The third kappa shape index (κ3) is 6.61. The molecule has 0 aliphatic heterocycles. The van der Waals surface area contributed by atoms with Crippen LogP contribution in [0.2, 0.25) is 0 Å². The SMILES string of the molecule is CCCCCCCCc1cc2c(=O)c(O)c(-c3cc(OC)c(OCc4ccccc4)c(OC)c3)oc2cc1CC. The summed E-state index contributed by atoms with van der Waals surface area (Å²) in [6.07, 6.45) is 9.01. The van der Waals surface area contributed by atoms with Gasteiger partial charge < -0.3 is 23.7 Å². The van der Waals surface area contributed by atoms with Crippen LogP contribution in [0.4, 0.5) is 0 Å².